The van der Waals surface area contributed by atoms with Gasteiger partial charge in [-0.3, -0.25) is 9.88 Å². The summed E-state index contributed by atoms with van der Waals surface area (Å²) in [6.07, 6.45) is 4.76. The Morgan fingerprint density at radius 2 is 2.06 bits per heavy atom. The highest BCUT2D eigenvalue weighted by atomic mass is 19.1. The molecule has 8 nitrogen and oxygen atoms in total. The predicted octanol–water partition coefficient (Wildman–Crippen LogP) is 2.92. The lowest BCUT2D eigenvalue weighted by Gasteiger charge is -2.28. The molecule has 1 unspecified atom stereocenters. The molecule has 0 spiro atoms. The number of rotatable bonds is 6. The highest BCUT2D eigenvalue weighted by molar-refractivity contribution is 6.03. The van der Waals surface area contributed by atoms with Crippen LogP contribution in [-0.2, 0) is 11.3 Å². The van der Waals surface area contributed by atoms with Gasteiger partial charge in [0.05, 0.1) is 17.1 Å². The number of fused-ring (bicyclic) bond motifs is 1. The van der Waals surface area contributed by atoms with Crippen molar-refractivity contribution in [3.8, 4) is 11.1 Å². The number of pyridine rings is 1. The van der Waals surface area contributed by atoms with Gasteiger partial charge in [0.2, 0.25) is 5.95 Å². The smallest absolute Gasteiger partial charge is 0.220 e. The molecule has 5 rings (SSSR count). The van der Waals surface area contributed by atoms with Gasteiger partial charge in [-0.2, -0.15) is 0 Å². The van der Waals surface area contributed by atoms with Gasteiger partial charge in [-0.1, -0.05) is 17.3 Å². The molecule has 3 heterocycles. The van der Waals surface area contributed by atoms with Crippen LogP contribution < -0.4 is 11.1 Å². The standard InChI is InChI=1S/C26H30FN7O/c1-17-25-23(32-26(28)31-17)13-19(14-24(25)33-35-12-11-34-9-7-29-8-10-34)21-5-4-20(27)15-22(21)18-3-2-6-30-16-18/h2-6,15-16,19,29H,7-14H2,1H3,(H2,28,31,32). The minimum Gasteiger partial charge on any atom is -0.394 e. The summed E-state index contributed by atoms with van der Waals surface area (Å²) in [5.41, 5.74) is 12.1. The molecule has 0 saturated carbocycles. The first-order valence-corrected chi connectivity index (χ1v) is 12.0. The van der Waals surface area contributed by atoms with E-state index in [9.17, 15) is 4.39 Å². The number of benzene rings is 1. The molecule has 1 aromatic carbocycles. The number of nitrogens with one attached hydrogen (secondary N) is 1. The van der Waals surface area contributed by atoms with Gasteiger partial charge in [0.1, 0.15) is 12.4 Å². The van der Waals surface area contributed by atoms with Crippen LogP contribution >= 0.6 is 0 Å². The Bertz CT molecular complexity index is 1210. The normalized spacial score (nSPS) is 19.5. The second-order valence-corrected chi connectivity index (χ2v) is 9.03. The van der Waals surface area contributed by atoms with Crippen molar-refractivity contribution in [3.63, 3.8) is 0 Å². The van der Waals surface area contributed by atoms with Crippen molar-refractivity contribution in [3.05, 3.63) is 71.1 Å². The fourth-order valence-electron chi connectivity index (χ4n) is 5.01. The van der Waals surface area contributed by atoms with Gasteiger partial charge in [0.15, 0.2) is 0 Å². The molecular formula is C26H30FN7O. The van der Waals surface area contributed by atoms with Crippen molar-refractivity contribution < 1.29 is 9.23 Å². The molecule has 1 aliphatic carbocycles. The Labute approximate surface area is 204 Å². The second-order valence-electron chi connectivity index (χ2n) is 9.03. The maximum Gasteiger partial charge on any atom is 0.220 e. The van der Waals surface area contributed by atoms with E-state index in [1.54, 1.807) is 18.5 Å². The minimum absolute atomic E-state index is 0.0301. The number of nitrogens with zero attached hydrogens (tertiary/aromatic N) is 5. The highest BCUT2D eigenvalue weighted by Gasteiger charge is 2.30. The quantitative estimate of drug-likeness (QED) is 0.418. The lowest BCUT2D eigenvalue weighted by atomic mass is 9.78. The Kier molecular flexibility index (Phi) is 6.96. The molecule has 1 fully saturated rings. The number of anilines is 1. The first kappa shape index (κ1) is 23.3. The Balaban J connectivity index is 1.45. The molecule has 3 aromatic rings. The zero-order chi connectivity index (χ0) is 24.2. The van der Waals surface area contributed by atoms with Crippen LogP contribution in [0.25, 0.3) is 11.1 Å². The van der Waals surface area contributed by atoms with Crippen LogP contribution in [0.1, 0.15) is 34.9 Å². The van der Waals surface area contributed by atoms with Gasteiger partial charge < -0.3 is 15.9 Å². The van der Waals surface area contributed by atoms with Gasteiger partial charge in [-0.25, -0.2) is 14.4 Å². The molecule has 0 radical (unpaired) electrons. The van der Waals surface area contributed by atoms with Crippen molar-refractivity contribution in [2.45, 2.75) is 25.7 Å². The molecule has 9 heteroatoms. The molecule has 2 aliphatic rings. The molecule has 0 bridgehead atoms. The predicted molar refractivity (Wildman–Crippen MR) is 134 cm³/mol. The van der Waals surface area contributed by atoms with E-state index in [0.29, 0.717) is 19.4 Å². The number of nitrogen functional groups attached to an aromatic ring is 1. The molecule has 182 valence electrons. The third-order valence-corrected chi connectivity index (χ3v) is 6.66. The van der Waals surface area contributed by atoms with Crippen LogP contribution in [0.15, 0.2) is 47.9 Å². The molecule has 0 amide bonds. The van der Waals surface area contributed by atoms with Crippen molar-refractivity contribution in [1.29, 1.82) is 0 Å². The largest absolute Gasteiger partial charge is 0.394 e. The number of piperazine rings is 1. The average molecular weight is 476 g/mol. The summed E-state index contributed by atoms with van der Waals surface area (Å²) in [6, 6.07) is 8.73. The van der Waals surface area contributed by atoms with E-state index < -0.39 is 0 Å². The lowest BCUT2D eigenvalue weighted by molar-refractivity contribution is 0.105. The molecule has 1 saturated heterocycles. The second kappa shape index (κ2) is 10.5. The summed E-state index contributed by atoms with van der Waals surface area (Å²) < 4.78 is 14.3. The molecule has 3 N–H and O–H groups in total. The summed E-state index contributed by atoms with van der Waals surface area (Å²) in [6.45, 7) is 7.28. The molecule has 1 aliphatic heterocycles. The number of oxime groups is 1. The topological polar surface area (TPSA) is 102 Å². The number of aryl methyl sites for hydroxylation is 1. The van der Waals surface area contributed by atoms with E-state index in [1.165, 1.54) is 6.07 Å². The average Bonchev–Trinajstić information content (AvgIpc) is 2.87. The summed E-state index contributed by atoms with van der Waals surface area (Å²) >= 11 is 0. The molecular weight excluding hydrogens is 445 g/mol. The number of halogens is 1. The van der Waals surface area contributed by atoms with Gasteiger partial charge in [-0.15, -0.1) is 0 Å². The SMILES string of the molecule is Cc1nc(N)nc2c1C(=NOCCN1CCNCC1)CC(c1ccc(F)cc1-c1cccnc1)C2. The first-order valence-electron chi connectivity index (χ1n) is 12.0. The van der Waals surface area contributed by atoms with E-state index in [0.717, 1.165) is 72.1 Å². The van der Waals surface area contributed by atoms with Gasteiger partial charge >= 0.3 is 0 Å². The van der Waals surface area contributed by atoms with Crippen LogP contribution in [0.5, 0.6) is 0 Å². The Hall–Kier alpha value is -3.43. The van der Waals surface area contributed by atoms with Crippen LogP contribution in [-0.4, -0.2) is 64.9 Å². The lowest BCUT2D eigenvalue weighted by Crippen LogP contribution is -2.44. The van der Waals surface area contributed by atoms with Gasteiger partial charge in [0.25, 0.3) is 0 Å². The molecule has 1 atom stereocenters. The van der Waals surface area contributed by atoms with E-state index in [-0.39, 0.29) is 17.7 Å². The number of aromatic nitrogens is 3. The van der Waals surface area contributed by atoms with Crippen LogP contribution in [0.3, 0.4) is 0 Å². The zero-order valence-electron chi connectivity index (χ0n) is 19.9. The van der Waals surface area contributed by atoms with Crippen molar-refractivity contribution in [2.75, 3.05) is 45.1 Å². The number of nitrogens with two attached hydrogens (primary N) is 1. The first-order chi connectivity index (χ1) is 17.1. The summed E-state index contributed by atoms with van der Waals surface area (Å²) in [5.74, 6) is -0.00801. The van der Waals surface area contributed by atoms with Gasteiger partial charge in [0, 0.05) is 62.7 Å². The Morgan fingerprint density at radius 1 is 1.20 bits per heavy atom. The van der Waals surface area contributed by atoms with Crippen LogP contribution in [0, 0.1) is 12.7 Å². The Morgan fingerprint density at radius 3 is 2.86 bits per heavy atom. The zero-order valence-corrected chi connectivity index (χ0v) is 19.9. The van der Waals surface area contributed by atoms with Crippen LogP contribution in [0.2, 0.25) is 0 Å². The summed E-state index contributed by atoms with van der Waals surface area (Å²) in [4.78, 5) is 21.3. The maximum absolute atomic E-state index is 14.3. The molecule has 2 aromatic heterocycles. The van der Waals surface area contributed by atoms with Gasteiger partial charge in [-0.05, 0) is 48.6 Å². The van der Waals surface area contributed by atoms with E-state index in [1.807, 2.05) is 25.1 Å². The fourth-order valence-corrected chi connectivity index (χ4v) is 5.01. The third-order valence-electron chi connectivity index (χ3n) is 6.66. The van der Waals surface area contributed by atoms with E-state index in [4.69, 9.17) is 10.6 Å². The third kappa shape index (κ3) is 5.31. The van der Waals surface area contributed by atoms with Crippen molar-refractivity contribution in [1.82, 2.24) is 25.2 Å². The minimum atomic E-state index is -0.281. The van der Waals surface area contributed by atoms with Crippen LogP contribution in [0.4, 0.5) is 10.3 Å². The number of hydrogen-bond donors (Lipinski definition) is 2. The maximum atomic E-state index is 14.3. The monoisotopic (exact) mass is 475 g/mol. The molecule has 35 heavy (non-hydrogen) atoms. The highest BCUT2D eigenvalue weighted by Crippen LogP contribution is 2.38. The number of hydrogen-bond acceptors (Lipinski definition) is 8. The fraction of sp³-hybridized carbons (Fsp3) is 0.385. The van der Waals surface area contributed by atoms with E-state index in [2.05, 4.69) is 30.3 Å². The van der Waals surface area contributed by atoms with E-state index >= 15 is 0 Å². The van der Waals surface area contributed by atoms with Crippen molar-refractivity contribution >= 4 is 11.7 Å². The summed E-state index contributed by atoms with van der Waals surface area (Å²) in [5, 5.41) is 7.92. The van der Waals surface area contributed by atoms with Crippen molar-refractivity contribution in [2.24, 2.45) is 5.16 Å². The summed E-state index contributed by atoms with van der Waals surface area (Å²) in [7, 11) is 0.